The fourth-order valence-corrected chi connectivity index (χ4v) is 4.01. The molecule has 1 saturated heterocycles. The molecular formula is C25H40ClN5O4. The molecule has 196 valence electrons. The highest BCUT2D eigenvalue weighted by molar-refractivity contribution is 5.88. The van der Waals surface area contributed by atoms with E-state index in [1.807, 2.05) is 70.2 Å². The predicted octanol–water partition coefficient (Wildman–Crippen LogP) is 3.62. The zero-order valence-corrected chi connectivity index (χ0v) is 21.9. The summed E-state index contributed by atoms with van der Waals surface area (Å²) < 4.78 is 0. The molecule has 2 rings (SSSR count). The van der Waals surface area contributed by atoms with Crippen LogP contribution in [0.15, 0.2) is 36.4 Å². The Kier molecular flexibility index (Phi) is 13.4. The first-order valence-electron chi connectivity index (χ1n) is 12.0. The molecule has 0 aromatic heterocycles. The maximum absolute atomic E-state index is 13.5. The van der Waals surface area contributed by atoms with Crippen molar-refractivity contribution in [1.82, 2.24) is 26.3 Å². The third-order valence-electron chi connectivity index (χ3n) is 5.61. The van der Waals surface area contributed by atoms with Crippen molar-refractivity contribution in [3.8, 4) is 0 Å². The Labute approximate surface area is 214 Å². The lowest BCUT2D eigenvalue weighted by Gasteiger charge is -2.32. The molecule has 0 unspecified atom stereocenters. The van der Waals surface area contributed by atoms with E-state index in [0.717, 1.165) is 12.0 Å². The zero-order chi connectivity index (χ0) is 25.1. The predicted molar refractivity (Wildman–Crippen MR) is 138 cm³/mol. The summed E-state index contributed by atoms with van der Waals surface area (Å²) in [5.74, 6) is -2.32. The molecule has 1 aliphatic rings. The first-order chi connectivity index (χ1) is 16.2. The molecule has 2 atom stereocenters. The number of hydrogen-bond donors (Lipinski definition) is 4. The van der Waals surface area contributed by atoms with E-state index in [1.165, 1.54) is 10.0 Å². The number of rotatable bonds is 10. The molecule has 0 radical (unpaired) electrons. The molecular weight excluding hydrogens is 470 g/mol. The van der Waals surface area contributed by atoms with Gasteiger partial charge in [-0.25, -0.2) is 20.7 Å². The highest BCUT2D eigenvalue weighted by Crippen LogP contribution is 2.26. The molecule has 9 nitrogen and oxygen atoms in total. The minimum absolute atomic E-state index is 0. The molecule has 0 bridgehead atoms. The number of hydrogen-bond acceptors (Lipinski definition) is 5. The molecule has 35 heavy (non-hydrogen) atoms. The normalized spacial score (nSPS) is 15.1. The summed E-state index contributed by atoms with van der Waals surface area (Å²) in [6.45, 7) is 9.48. The topological polar surface area (TPSA) is 114 Å². The van der Waals surface area contributed by atoms with E-state index < -0.39 is 23.7 Å². The van der Waals surface area contributed by atoms with Gasteiger partial charge < -0.3 is 0 Å². The molecule has 0 spiro atoms. The summed E-state index contributed by atoms with van der Waals surface area (Å²) in [6, 6.07) is 9.32. The van der Waals surface area contributed by atoms with Crippen LogP contribution in [-0.4, -0.2) is 52.7 Å². The number of amides is 4. The number of nitrogens with zero attached hydrogens (tertiary/aromatic N) is 2. The van der Waals surface area contributed by atoms with Gasteiger partial charge in [0.05, 0.1) is 11.8 Å². The van der Waals surface area contributed by atoms with Crippen LogP contribution in [-0.2, 0) is 9.59 Å². The minimum Gasteiger partial charge on any atom is -0.289 e. The van der Waals surface area contributed by atoms with Crippen LogP contribution in [0.3, 0.4) is 0 Å². The summed E-state index contributed by atoms with van der Waals surface area (Å²) in [4.78, 5) is 39.1. The fraction of sp³-hybridized carbons (Fsp3) is 0.560. The third-order valence-corrected chi connectivity index (χ3v) is 5.61. The van der Waals surface area contributed by atoms with Crippen LogP contribution in [0, 0.1) is 23.7 Å². The van der Waals surface area contributed by atoms with E-state index in [0.29, 0.717) is 26.1 Å². The Morgan fingerprint density at radius 2 is 1.77 bits per heavy atom. The second-order valence-corrected chi connectivity index (χ2v) is 9.54. The lowest BCUT2D eigenvalue weighted by atomic mass is 9.82. The van der Waals surface area contributed by atoms with Crippen LogP contribution in [0.2, 0.25) is 0 Å². The zero-order valence-electron chi connectivity index (χ0n) is 21.1. The van der Waals surface area contributed by atoms with Crippen molar-refractivity contribution < 1.29 is 19.6 Å². The summed E-state index contributed by atoms with van der Waals surface area (Å²) >= 11 is 0. The van der Waals surface area contributed by atoms with Crippen LogP contribution in [0.1, 0.15) is 52.5 Å². The second kappa shape index (κ2) is 15.4. The number of hydrazine groups is 2. The van der Waals surface area contributed by atoms with Gasteiger partial charge in [0.2, 0.25) is 11.8 Å². The summed E-state index contributed by atoms with van der Waals surface area (Å²) in [5.41, 5.74) is 8.50. The van der Waals surface area contributed by atoms with Crippen molar-refractivity contribution in [1.29, 1.82) is 0 Å². The van der Waals surface area contributed by atoms with E-state index in [9.17, 15) is 19.6 Å². The number of benzene rings is 1. The first kappa shape index (κ1) is 30.4. The Morgan fingerprint density at radius 1 is 1.09 bits per heavy atom. The Balaban J connectivity index is 0.00000612. The third kappa shape index (κ3) is 9.87. The maximum atomic E-state index is 13.5. The molecule has 1 aromatic rings. The number of urea groups is 1. The van der Waals surface area contributed by atoms with Gasteiger partial charge in [-0.2, -0.15) is 0 Å². The van der Waals surface area contributed by atoms with Gasteiger partial charge in [-0.1, -0.05) is 70.2 Å². The first-order valence-corrected chi connectivity index (χ1v) is 12.0. The molecule has 1 aliphatic heterocycles. The van der Waals surface area contributed by atoms with Gasteiger partial charge in [0.25, 0.3) is 0 Å². The molecule has 4 amide bonds. The summed E-state index contributed by atoms with van der Waals surface area (Å²) in [6.07, 6.45) is 5.25. The molecule has 0 aliphatic carbocycles. The van der Waals surface area contributed by atoms with Gasteiger partial charge in [0.15, 0.2) is 0 Å². The van der Waals surface area contributed by atoms with Crippen LogP contribution in [0.25, 0.3) is 6.08 Å². The van der Waals surface area contributed by atoms with E-state index in [1.54, 1.807) is 5.48 Å². The molecule has 0 saturated carbocycles. The quantitative estimate of drug-likeness (QED) is 0.284. The average molecular weight is 510 g/mol. The van der Waals surface area contributed by atoms with Crippen molar-refractivity contribution in [2.45, 2.75) is 47.0 Å². The smallest absolute Gasteiger partial charge is 0.289 e. The number of carbonyl (C=O) groups is 3. The van der Waals surface area contributed by atoms with Crippen LogP contribution in [0.4, 0.5) is 4.79 Å². The summed E-state index contributed by atoms with van der Waals surface area (Å²) in [7, 11) is 0. The summed E-state index contributed by atoms with van der Waals surface area (Å²) in [5, 5.41) is 12.2. The average Bonchev–Trinajstić information content (AvgIpc) is 3.34. The van der Waals surface area contributed by atoms with Crippen molar-refractivity contribution in [2.24, 2.45) is 23.7 Å². The van der Waals surface area contributed by atoms with Crippen LogP contribution >= 0.6 is 12.4 Å². The molecule has 4 N–H and O–H groups in total. The van der Waals surface area contributed by atoms with E-state index in [4.69, 9.17) is 0 Å². The molecule has 1 heterocycles. The van der Waals surface area contributed by atoms with E-state index >= 15 is 0 Å². The van der Waals surface area contributed by atoms with Crippen molar-refractivity contribution in [3.63, 3.8) is 0 Å². The number of nitrogens with one attached hydrogen (secondary N) is 3. The van der Waals surface area contributed by atoms with Crippen molar-refractivity contribution in [3.05, 3.63) is 42.0 Å². The molecule has 1 aromatic carbocycles. The standard InChI is InChI=1S/C25H39N5O4.ClH/c1-18(2)16-22(21(24(32)28-34)13-8-12-20-10-6-5-7-11-20)23(31)27-30(17-19(3)4)25(33)29-15-9-14-26-29;/h5-8,10-12,18-19,21-22,26,34H,9,13-17H2,1-4H3,(H,27,31)(H,28,32);1H/t21-,22+;/m0./s1. The van der Waals surface area contributed by atoms with Gasteiger partial charge in [0, 0.05) is 19.6 Å². The van der Waals surface area contributed by atoms with Gasteiger partial charge >= 0.3 is 6.03 Å². The van der Waals surface area contributed by atoms with Gasteiger partial charge in [-0.05, 0) is 36.7 Å². The van der Waals surface area contributed by atoms with Gasteiger partial charge in [0.1, 0.15) is 0 Å². The Bertz CT molecular complexity index is 828. The monoisotopic (exact) mass is 509 g/mol. The van der Waals surface area contributed by atoms with Gasteiger partial charge in [-0.3, -0.25) is 25.2 Å². The fourth-order valence-electron chi connectivity index (χ4n) is 4.01. The molecule has 1 fully saturated rings. The minimum atomic E-state index is -0.798. The largest absolute Gasteiger partial charge is 0.353 e. The van der Waals surface area contributed by atoms with Crippen molar-refractivity contribution in [2.75, 3.05) is 19.6 Å². The second-order valence-electron chi connectivity index (χ2n) is 9.54. The van der Waals surface area contributed by atoms with E-state index in [2.05, 4.69) is 10.9 Å². The maximum Gasteiger partial charge on any atom is 0.353 e. The van der Waals surface area contributed by atoms with Gasteiger partial charge in [-0.15, -0.1) is 12.4 Å². The van der Waals surface area contributed by atoms with Crippen LogP contribution < -0.4 is 16.3 Å². The highest BCUT2D eigenvalue weighted by Gasteiger charge is 2.35. The number of allylic oxidation sites excluding steroid dienone is 1. The van der Waals surface area contributed by atoms with Crippen LogP contribution in [0.5, 0.6) is 0 Å². The highest BCUT2D eigenvalue weighted by atomic mass is 35.5. The number of halogens is 1. The van der Waals surface area contributed by atoms with E-state index in [-0.39, 0.29) is 36.7 Å². The van der Waals surface area contributed by atoms with Crippen molar-refractivity contribution >= 4 is 36.3 Å². The number of hydroxylamine groups is 1. The Hall–Kier alpha value is -2.62. The number of carbonyl (C=O) groups excluding carboxylic acids is 3. The Morgan fingerprint density at radius 3 is 2.31 bits per heavy atom. The lowest BCUT2D eigenvalue weighted by molar-refractivity contribution is -0.142. The SMILES string of the molecule is CC(C)C[C@@H](C(=O)NN(CC(C)C)C(=O)N1CCCN1)[C@H](CC=Cc1ccccc1)C(=O)NO.Cl. The lowest BCUT2D eigenvalue weighted by Crippen LogP contribution is -2.57. The molecule has 10 heteroatoms.